The van der Waals surface area contributed by atoms with Crippen molar-refractivity contribution in [1.82, 2.24) is 14.9 Å². The quantitative estimate of drug-likeness (QED) is 0.600. The molecule has 6 nitrogen and oxygen atoms in total. The van der Waals surface area contributed by atoms with Gasteiger partial charge in [0.25, 0.3) is 0 Å². The maximum atomic E-state index is 11.4. The number of halogens is 1. The molecule has 2 aromatic carbocycles. The summed E-state index contributed by atoms with van der Waals surface area (Å²) >= 11 is 3.38. The Labute approximate surface area is 166 Å². The van der Waals surface area contributed by atoms with Gasteiger partial charge in [-0.1, -0.05) is 28.1 Å². The van der Waals surface area contributed by atoms with Gasteiger partial charge < -0.3 is 19.7 Å². The first kappa shape index (κ1) is 19.4. The molecule has 142 valence electrons. The molecule has 0 saturated heterocycles. The molecule has 2 N–H and O–H groups in total. The van der Waals surface area contributed by atoms with Crippen LogP contribution in [0.2, 0.25) is 0 Å². The Bertz CT molecular complexity index is 924. The van der Waals surface area contributed by atoms with Crippen molar-refractivity contribution in [3.8, 4) is 5.75 Å². The molecule has 0 saturated carbocycles. The van der Waals surface area contributed by atoms with E-state index in [1.54, 1.807) is 0 Å². The average molecular weight is 432 g/mol. The minimum Gasteiger partial charge on any atom is -0.491 e. The third-order valence-corrected chi connectivity index (χ3v) is 4.67. The Morgan fingerprint density at radius 3 is 2.67 bits per heavy atom. The van der Waals surface area contributed by atoms with E-state index >= 15 is 0 Å². The molecule has 0 fully saturated rings. The summed E-state index contributed by atoms with van der Waals surface area (Å²) in [4.78, 5) is 16.1. The van der Waals surface area contributed by atoms with Gasteiger partial charge in [0.2, 0.25) is 5.91 Å². The van der Waals surface area contributed by atoms with E-state index in [0.29, 0.717) is 18.1 Å². The molecule has 2 atom stereocenters. The molecule has 0 aliphatic heterocycles. The Balaban J connectivity index is 1.77. The topological polar surface area (TPSA) is 76.4 Å². The zero-order valence-corrected chi connectivity index (χ0v) is 16.8. The Kier molecular flexibility index (Phi) is 6.13. The first-order valence-electron chi connectivity index (χ1n) is 8.72. The average Bonchev–Trinajstić information content (AvgIpc) is 2.99. The number of carbonyl (C=O) groups excluding carboxylic acids is 1. The van der Waals surface area contributed by atoms with Crippen LogP contribution in [0.1, 0.15) is 25.7 Å². The second-order valence-corrected chi connectivity index (χ2v) is 7.33. The Morgan fingerprint density at radius 2 is 1.96 bits per heavy atom. The van der Waals surface area contributed by atoms with Gasteiger partial charge in [-0.2, -0.15) is 0 Å². The highest BCUT2D eigenvalue weighted by atomic mass is 79.9. The van der Waals surface area contributed by atoms with Gasteiger partial charge in [-0.15, -0.1) is 0 Å². The SMILES string of the molecule is CC(=O)NC(C)c1nc2ccccc2n1CC(O)COc1ccc(Br)cc1. The van der Waals surface area contributed by atoms with Crippen LogP contribution in [0.25, 0.3) is 11.0 Å². The summed E-state index contributed by atoms with van der Waals surface area (Å²) in [6.45, 7) is 3.83. The van der Waals surface area contributed by atoms with Crippen molar-refractivity contribution < 1.29 is 14.6 Å². The number of aliphatic hydroxyl groups excluding tert-OH is 1. The number of aliphatic hydroxyl groups is 1. The molecule has 7 heteroatoms. The van der Waals surface area contributed by atoms with Crippen molar-refractivity contribution in [2.75, 3.05) is 6.61 Å². The number of imidazole rings is 1. The van der Waals surface area contributed by atoms with E-state index in [1.807, 2.05) is 60.0 Å². The second-order valence-electron chi connectivity index (χ2n) is 6.41. The van der Waals surface area contributed by atoms with Crippen molar-refractivity contribution in [3.63, 3.8) is 0 Å². The van der Waals surface area contributed by atoms with Crippen LogP contribution in [0, 0.1) is 0 Å². The highest BCUT2D eigenvalue weighted by Gasteiger charge is 2.19. The summed E-state index contributed by atoms with van der Waals surface area (Å²) < 4.78 is 8.58. The number of rotatable bonds is 7. The largest absolute Gasteiger partial charge is 0.491 e. The van der Waals surface area contributed by atoms with Crippen molar-refractivity contribution in [2.24, 2.45) is 0 Å². The third kappa shape index (κ3) is 4.87. The summed E-state index contributed by atoms with van der Waals surface area (Å²) in [7, 11) is 0. The maximum Gasteiger partial charge on any atom is 0.217 e. The predicted molar refractivity (Wildman–Crippen MR) is 108 cm³/mol. The number of benzene rings is 2. The number of hydrogen-bond donors (Lipinski definition) is 2. The van der Waals surface area contributed by atoms with Crippen molar-refractivity contribution in [1.29, 1.82) is 0 Å². The van der Waals surface area contributed by atoms with Crippen LogP contribution in [0.5, 0.6) is 5.75 Å². The summed E-state index contributed by atoms with van der Waals surface area (Å²) in [5.41, 5.74) is 1.73. The van der Waals surface area contributed by atoms with E-state index in [4.69, 9.17) is 4.74 Å². The molecule has 2 unspecified atom stereocenters. The fourth-order valence-electron chi connectivity index (χ4n) is 2.97. The second kappa shape index (κ2) is 8.54. The lowest BCUT2D eigenvalue weighted by Crippen LogP contribution is -2.29. The predicted octanol–water partition coefficient (Wildman–Crippen LogP) is 3.44. The van der Waals surface area contributed by atoms with Gasteiger partial charge in [-0.25, -0.2) is 4.98 Å². The summed E-state index contributed by atoms with van der Waals surface area (Å²) in [6.07, 6.45) is -0.727. The molecular formula is C20H22BrN3O3. The lowest BCUT2D eigenvalue weighted by Gasteiger charge is -2.18. The molecule has 1 amide bonds. The first-order valence-corrected chi connectivity index (χ1v) is 9.52. The molecule has 0 spiro atoms. The number of ether oxygens (including phenoxy) is 1. The molecule has 1 heterocycles. The number of para-hydroxylation sites is 2. The van der Waals surface area contributed by atoms with E-state index < -0.39 is 6.10 Å². The van der Waals surface area contributed by atoms with E-state index in [0.717, 1.165) is 15.5 Å². The van der Waals surface area contributed by atoms with Crippen LogP contribution in [-0.2, 0) is 11.3 Å². The van der Waals surface area contributed by atoms with Crippen LogP contribution in [-0.4, -0.2) is 33.3 Å². The molecule has 3 aromatic rings. The number of fused-ring (bicyclic) bond motifs is 1. The third-order valence-electron chi connectivity index (χ3n) is 4.14. The fraction of sp³-hybridized carbons (Fsp3) is 0.300. The lowest BCUT2D eigenvalue weighted by atomic mass is 10.2. The number of nitrogens with zero attached hydrogens (tertiary/aromatic N) is 2. The minimum atomic E-state index is -0.727. The van der Waals surface area contributed by atoms with E-state index in [9.17, 15) is 9.90 Å². The highest BCUT2D eigenvalue weighted by Crippen LogP contribution is 2.22. The van der Waals surface area contributed by atoms with Crippen LogP contribution >= 0.6 is 15.9 Å². The summed E-state index contributed by atoms with van der Waals surface area (Å²) in [5, 5.41) is 13.4. The van der Waals surface area contributed by atoms with E-state index in [1.165, 1.54) is 6.92 Å². The van der Waals surface area contributed by atoms with Gasteiger partial charge in [-0.3, -0.25) is 4.79 Å². The first-order chi connectivity index (χ1) is 12.9. The van der Waals surface area contributed by atoms with Gasteiger partial charge in [0, 0.05) is 11.4 Å². The number of carbonyl (C=O) groups is 1. The summed E-state index contributed by atoms with van der Waals surface area (Å²) in [6, 6.07) is 14.9. The van der Waals surface area contributed by atoms with Gasteiger partial charge in [0.05, 0.1) is 23.6 Å². The Morgan fingerprint density at radius 1 is 1.26 bits per heavy atom. The summed E-state index contributed by atoms with van der Waals surface area (Å²) in [5.74, 6) is 1.27. The van der Waals surface area contributed by atoms with Gasteiger partial charge >= 0.3 is 0 Å². The smallest absolute Gasteiger partial charge is 0.217 e. The number of hydrogen-bond acceptors (Lipinski definition) is 4. The number of nitrogens with one attached hydrogen (secondary N) is 1. The van der Waals surface area contributed by atoms with Gasteiger partial charge in [-0.05, 0) is 43.3 Å². The van der Waals surface area contributed by atoms with Crippen molar-refractivity contribution in [3.05, 3.63) is 58.8 Å². The van der Waals surface area contributed by atoms with Crippen LogP contribution < -0.4 is 10.1 Å². The van der Waals surface area contributed by atoms with Crippen LogP contribution in [0.15, 0.2) is 53.0 Å². The molecule has 0 radical (unpaired) electrons. The van der Waals surface area contributed by atoms with Crippen molar-refractivity contribution in [2.45, 2.75) is 32.5 Å². The number of aromatic nitrogens is 2. The normalized spacial score (nSPS) is 13.3. The van der Waals surface area contributed by atoms with E-state index in [-0.39, 0.29) is 18.6 Å². The zero-order chi connectivity index (χ0) is 19.4. The van der Waals surface area contributed by atoms with Crippen LogP contribution in [0.4, 0.5) is 0 Å². The number of amides is 1. The minimum absolute atomic E-state index is 0.125. The zero-order valence-electron chi connectivity index (χ0n) is 15.2. The van der Waals surface area contributed by atoms with Crippen LogP contribution in [0.3, 0.4) is 0 Å². The van der Waals surface area contributed by atoms with Crippen molar-refractivity contribution >= 4 is 32.9 Å². The monoisotopic (exact) mass is 431 g/mol. The molecule has 0 aliphatic carbocycles. The fourth-order valence-corrected chi connectivity index (χ4v) is 3.24. The highest BCUT2D eigenvalue weighted by molar-refractivity contribution is 9.10. The molecular weight excluding hydrogens is 410 g/mol. The Hall–Kier alpha value is -2.38. The van der Waals surface area contributed by atoms with E-state index in [2.05, 4.69) is 26.2 Å². The standard InChI is InChI=1S/C20H22BrN3O3/c1-13(22-14(2)25)20-23-18-5-3-4-6-19(18)24(20)11-16(26)12-27-17-9-7-15(21)8-10-17/h3-10,13,16,26H,11-12H2,1-2H3,(H,22,25). The molecule has 27 heavy (non-hydrogen) atoms. The molecule has 3 rings (SSSR count). The molecule has 1 aromatic heterocycles. The molecule has 0 bridgehead atoms. The lowest BCUT2D eigenvalue weighted by molar-refractivity contribution is -0.119. The van der Waals surface area contributed by atoms with Gasteiger partial charge in [0.15, 0.2) is 0 Å². The molecule has 0 aliphatic rings. The van der Waals surface area contributed by atoms with Gasteiger partial charge in [0.1, 0.15) is 24.3 Å². The maximum absolute atomic E-state index is 11.4.